The van der Waals surface area contributed by atoms with Crippen LogP contribution in [-0.4, -0.2) is 48.1 Å². The van der Waals surface area contributed by atoms with Crippen LogP contribution in [0.15, 0.2) is 24.3 Å². The number of halogens is 1. The number of para-hydroxylation sites is 1. The number of amides is 2. The molecular formula is C18H19ClN6O3. The van der Waals surface area contributed by atoms with Crippen molar-refractivity contribution in [2.24, 2.45) is 0 Å². The van der Waals surface area contributed by atoms with Crippen molar-refractivity contribution in [3.05, 3.63) is 34.9 Å². The van der Waals surface area contributed by atoms with E-state index < -0.39 is 11.8 Å². The van der Waals surface area contributed by atoms with Crippen molar-refractivity contribution in [1.29, 1.82) is 0 Å². The lowest BCUT2D eigenvalue weighted by Crippen LogP contribution is -2.38. The lowest BCUT2D eigenvalue weighted by Gasteiger charge is -2.30. The zero-order chi connectivity index (χ0) is 19.7. The zero-order valence-electron chi connectivity index (χ0n) is 14.9. The minimum Gasteiger partial charge on any atom is -0.383 e. The summed E-state index contributed by atoms with van der Waals surface area (Å²) >= 11 is 6.12. The summed E-state index contributed by atoms with van der Waals surface area (Å²) < 4.78 is 5.33. The molecule has 4 rings (SSSR count). The SMILES string of the molecule is Nc1nc(N2CCOCC2)nc2c1[C@@H](C(=O)Nc1ccccc1Cl)CC(=O)N2. The Balaban J connectivity index is 1.65. The standard InChI is InChI=1S/C18H19ClN6O3/c19-11-3-1-2-4-12(11)21-17(27)10-9-13(26)22-16-14(10)15(20)23-18(24-16)25-5-7-28-8-6-25/h1-4,10H,5-9H2,(H,21,27)(H3,20,22,23,24,26)/t10-/m0/s1. The topological polar surface area (TPSA) is 122 Å². The summed E-state index contributed by atoms with van der Waals surface area (Å²) in [7, 11) is 0. The highest BCUT2D eigenvalue weighted by atomic mass is 35.5. The Kier molecular flexibility index (Phi) is 5.01. The van der Waals surface area contributed by atoms with Crippen molar-refractivity contribution in [2.45, 2.75) is 12.3 Å². The number of nitrogens with one attached hydrogen (secondary N) is 2. The van der Waals surface area contributed by atoms with Crippen molar-refractivity contribution in [3.63, 3.8) is 0 Å². The highest BCUT2D eigenvalue weighted by Crippen LogP contribution is 2.37. The number of rotatable bonds is 3. The number of nitrogen functional groups attached to an aromatic ring is 1. The molecule has 0 saturated carbocycles. The molecule has 1 saturated heterocycles. The molecule has 9 nitrogen and oxygen atoms in total. The third kappa shape index (κ3) is 3.58. The van der Waals surface area contributed by atoms with Crippen molar-refractivity contribution in [2.75, 3.05) is 47.6 Å². The third-order valence-corrected chi connectivity index (χ3v) is 5.03. The number of hydrogen-bond acceptors (Lipinski definition) is 7. The molecule has 1 atom stereocenters. The minimum absolute atomic E-state index is 0.0479. The molecule has 2 amide bonds. The molecule has 0 spiro atoms. The molecule has 10 heteroatoms. The maximum atomic E-state index is 12.9. The number of nitrogens with two attached hydrogens (primary N) is 1. The Morgan fingerprint density at radius 3 is 2.79 bits per heavy atom. The van der Waals surface area contributed by atoms with Gasteiger partial charge in [-0.05, 0) is 12.1 Å². The van der Waals surface area contributed by atoms with Crippen LogP contribution in [0.5, 0.6) is 0 Å². The first-order valence-corrected chi connectivity index (χ1v) is 9.26. The molecule has 1 aromatic carbocycles. The van der Waals surface area contributed by atoms with Crippen LogP contribution in [0.4, 0.5) is 23.3 Å². The highest BCUT2D eigenvalue weighted by molar-refractivity contribution is 6.33. The first-order chi connectivity index (χ1) is 13.5. The number of hydrogen-bond donors (Lipinski definition) is 3. The van der Waals surface area contributed by atoms with Gasteiger partial charge in [-0.1, -0.05) is 23.7 Å². The first kappa shape index (κ1) is 18.5. The second-order valence-electron chi connectivity index (χ2n) is 6.54. The van der Waals surface area contributed by atoms with E-state index in [-0.39, 0.29) is 24.0 Å². The zero-order valence-corrected chi connectivity index (χ0v) is 15.7. The lowest BCUT2D eigenvalue weighted by molar-refractivity contribution is -0.123. The number of ether oxygens (including phenoxy) is 1. The maximum Gasteiger partial charge on any atom is 0.232 e. The predicted octanol–water partition coefficient (Wildman–Crippen LogP) is 1.61. The Hall–Kier alpha value is -2.91. The van der Waals surface area contributed by atoms with Gasteiger partial charge in [0, 0.05) is 19.5 Å². The van der Waals surface area contributed by atoms with Gasteiger partial charge in [0.1, 0.15) is 11.6 Å². The number of carbonyl (C=O) groups is 2. The smallest absolute Gasteiger partial charge is 0.232 e. The van der Waals surface area contributed by atoms with Gasteiger partial charge in [-0.2, -0.15) is 9.97 Å². The number of morpholine rings is 1. The number of benzene rings is 1. The summed E-state index contributed by atoms with van der Waals surface area (Å²) in [4.78, 5) is 35.8. The average Bonchev–Trinajstić information content (AvgIpc) is 2.69. The second kappa shape index (κ2) is 7.61. The summed E-state index contributed by atoms with van der Waals surface area (Å²) in [6.07, 6.45) is -0.0479. The van der Waals surface area contributed by atoms with Gasteiger partial charge in [0.2, 0.25) is 17.8 Å². The number of fused-ring (bicyclic) bond motifs is 1. The van der Waals surface area contributed by atoms with Crippen molar-refractivity contribution in [1.82, 2.24) is 9.97 Å². The molecule has 1 fully saturated rings. The van der Waals surface area contributed by atoms with Crippen LogP contribution in [0, 0.1) is 0 Å². The second-order valence-corrected chi connectivity index (χ2v) is 6.95. The Morgan fingerprint density at radius 1 is 1.29 bits per heavy atom. The summed E-state index contributed by atoms with van der Waals surface area (Å²) in [6, 6.07) is 6.88. The van der Waals surface area contributed by atoms with Crippen LogP contribution < -0.4 is 21.3 Å². The van der Waals surface area contributed by atoms with Crippen molar-refractivity contribution in [3.8, 4) is 0 Å². The predicted molar refractivity (Wildman–Crippen MR) is 106 cm³/mol. The van der Waals surface area contributed by atoms with Crippen LogP contribution in [0.1, 0.15) is 17.9 Å². The quantitative estimate of drug-likeness (QED) is 0.712. The molecule has 28 heavy (non-hydrogen) atoms. The molecule has 0 unspecified atom stereocenters. The fraction of sp³-hybridized carbons (Fsp3) is 0.333. The summed E-state index contributed by atoms with van der Waals surface area (Å²) in [5.74, 6) is -0.655. The summed E-state index contributed by atoms with van der Waals surface area (Å²) in [5.41, 5.74) is 7.06. The fourth-order valence-corrected chi connectivity index (χ4v) is 3.48. The van der Waals surface area contributed by atoms with Gasteiger partial charge in [0.25, 0.3) is 0 Å². The van der Waals surface area contributed by atoms with Gasteiger partial charge < -0.3 is 26.0 Å². The molecule has 0 aliphatic carbocycles. The number of aromatic nitrogens is 2. The summed E-state index contributed by atoms with van der Waals surface area (Å²) in [5, 5.41) is 5.87. The molecule has 2 aromatic rings. The summed E-state index contributed by atoms with van der Waals surface area (Å²) in [6.45, 7) is 2.39. The largest absolute Gasteiger partial charge is 0.383 e. The van der Waals surface area contributed by atoms with Gasteiger partial charge in [0.15, 0.2) is 0 Å². The minimum atomic E-state index is -0.807. The maximum absolute atomic E-state index is 12.9. The monoisotopic (exact) mass is 402 g/mol. The van der Waals surface area contributed by atoms with Gasteiger partial charge in [-0.15, -0.1) is 0 Å². The van der Waals surface area contributed by atoms with E-state index in [1.807, 2.05) is 4.90 Å². The number of carbonyl (C=O) groups excluding carboxylic acids is 2. The number of nitrogens with zero attached hydrogens (tertiary/aromatic N) is 3. The van der Waals surface area contributed by atoms with E-state index in [1.165, 1.54) is 0 Å². The molecule has 2 aliphatic rings. The molecule has 0 radical (unpaired) electrons. The van der Waals surface area contributed by atoms with Crippen LogP contribution in [0.3, 0.4) is 0 Å². The molecule has 3 heterocycles. The van der Waals surface area contributed by atoms with Gasteiger partial charge in [-0.25, -0.2) is 0 Å². The third-order valence-electron chi connectivity index (χ3n) is 4.70. The van der Waals surface area contributed by atoms with E-state index in [4.69, 9.17) is 22.1 Å². The molecule has 146 valence electrons. The Bertz CT molecular complexity index is 932. The molecular weight excluding hydrogens is 384 g/mol. The van der Waals surface area contributed by atoms with Crippen LogP contribution in [0.2, 0.25) is 5.02 Å². The van der Waals surface area contributed by atoms with E-state index in [9.17, 15) is 9.59 Å². The van der Waals surface area contributed by atoms with E-state index in [0.29, 0.717) is 48.5 Å². The van der Waals surface area contributed by atoms with Gasteiger partial charge in [0.05, 0.1) is 35.4 Å². The fourth-order valence-electron chi connectivity index (χ4n) is 3.29. The lowest BCUT2D eigenvalue weighted by atomic mass is 9.92. The van der Waals surface area contributed by atoms with E-state index >= 15 is 0 Å². The normalized spacial score (nSPS) is 19.0. The molecule has 4 N–H and O–H groups in total. The van der Waals surface area contributed by atoms with Gasteiger partial charge >= 0.3 is 0 Å². The highest BCUT2D eigenvalue weighted by Gasteiger charge is 2.35. The van der Waals surface area contributed by atoms with Crippen LogP contribution in [0.25, 0.3) is 0 Å². The average molecular weight is 403 g/mol. The van der Waals surface area contributed by atoms with Gasteiger partial charge in [-0.3, -0.25) is 9.59 Å². The van der Waals surface area contributed by atoms with E-state index in [1.54, 1.807) is 24.3 Å². The first-order valence-electron chi connectivity index (χ1n) is 8.88. The molecule has 2 aliphatic heterocycles. The van der Waals surface area contributed by atoms with Crippen molar-refractivity contribution < 1.29 is 14.3 Å². The molecule has 0 bridgehead atoms. The van der Waals surface area contributed by atoms with E-state index in [2.05, 4.69) is 20.6 Å². The van der Waals surface area contributed by atoms with E-state index in [0.717, 1.165) is 0 Å². The Morgan fingerprint density at radius 2 is 2.04 bits per heavy atom. The van der Waals surface area contributed by atoms with Crippen molar-refractivity contribution >= 4 is 46.7 Å². The number of anilines is 4. The molecule has 1 aromatic heterocycles. The van der Waals surface area contributed by atoms with Crippen LogP contribution in [-0.2, 0) is 14.3 Å². The Labute approximate surface area is 166 Å². The van der Waals surface area contributed by atoms with Crippen LogP contribution >= 0.6 is 11.6 Å².